The number of carboxylic acids is 1. The van der Waals surface area contributed by atoms with Crippen molar-refractivity contribution in [1.29, 1.82) is 0 Å². The van der Waals surface area contributed by atoms with Gasteiger partial charge in [-0.05, 0) is 55.5 Å². The van der Waals surface area contributed by atoms with Crippen LogP contribution in [0.25, 0.3) is 5.70 Å². The molecule has 0 aromatic heterocycles. The minimum atomic E-state index is -0.745. The van der Waals surface area contributed by atoms with Gasteiger partial charge in [0.1, 0.15) is 5.82 Å². The van der Waals surface area contributed by atoms with Crippen molar-refractivity contribution in [3.05, 3.63) is 41.7 Å². The Morgan fingerprint density at radius 3 is 2.21 bits per heavy atom. The van der Waals surface area contributed by atoms with Crippen LogP contribution >= 0.6 is 0 Å². The van der Waals surface area contributed by atoms with Crippen LogP contribution in [0.15, 0.2) is 29.8 Å². The van der Waals surface area contributed by atoms with Gasteiger partial charge in [-0.25, -0.2) is 4.39 Å². The van der Waals surface area contributed by atoms with E-state index in [1.807, 2.05) is 20.8 Å². The summed E-state index contributed by atoms with van der Waals surface area (Å²) in [7, 11) is 0. The summed E-state index contributed by atoms with van der Waals surface area (Å²) in [5, 5.41) is 7.72. The summed E-state index contributed by atoms with van der Waals surface area (Å²) in [5.41, 5.74) is 3.27. The first-order valence-electron chi connectivity index (χ1n) is 8.38. The zero-order chi connectivity index (χ0) is 19.3. The van der Waals surface area contributed by atoms with E-state index in [9.17, 15) is 9.18 Å². The van der Waals surface area contributed by atoms with Crippen molar-refractivity contribution in [2.45, 2.75) is 61.3 Å². The molecule has 0 fully saturated rings. The Bertz CT molecular complexity index is 549. The Labute approximate surface area is 146 Å². The van der Waals surface area contributed by atoms with E-state index in [-0.39, 0.29) is 12.2 Å². The number of aryl methyl sites for hydroxylation is 1. The third kappa shape index (κ3) is 11.6. The van der Waals surface area contributed by atoms with Gasteiger partial charge in [0.2, 0.25) is 0 Å². The van der Waals surface area contributed by atoms with Crippen LogP contribution in [0.2, 0.25) is 0 Å². The van der Waals surface area contributed by atoms with Gasteiger partial charge >= 0.3 is 5.97 Å². The molecule has 0 unspecified atom stereocenters. The van der Waals surface area contributed by atoms with E-state index in [0.29, 0.717) is 17.2 Å². The fourth-order valence-corrected chi connectivity index (χ4v) is 1.76. The fourth-order valence-electron chi connectivity index (χ4n) is 1.76. The molecule has 0 saturated carbocycles. The van der Waals surface area contributed by atoms with Crippen LogP contribution in [0, 0.1) is 18.7 Å². The lowest BCUT2D eigenvalue weighted by molar-refractivity contribution is -0.136. The quantitative estimate of drug-likeness (QED) is 0.658. The molecule has 1 aromatic rings. The number of rotatable bonds is 5. The number of carboxylic acid groups (broad SMARTS) is 1. The van der Waals surface area contributed by atoms with E-state index < -0.39 is 5.97 Å². The predicted octanol–water partition coefficient (Wildman–Crippen LogP) is 6.12. The van der Waals surface area contributed by atoms with Gasteiger partial charge in [0.05, 0.1) is 5.70 Å². The normalized spacial score (nSPS) is 10.3. The van der Waals surface area contributed by atoms with E-state index in [1.165, 1.54) is 6.07 Å². The van der Waals surface area contributed by atoms with Gasteiger partial charge in [-0.1, -0.05) is 41.2 Å². The first kappa shape index (κ1) is 24.3. The molecule has 1 aromatic carbocycles. The van der Waals surface area contributed by atoms with Crippen molar-refractivity contribution in [3.8, 4) is 0 Å². The molecule has 0 atom stereocenters. The lowest BCUT2D eigenvalue weighted by Gasteiger charge is -2.07. The van der Waals surface area contributed by atoms with E-state index in [1.54, 1.807) is 26.0 Å². The number of benzene rings is 1. The first-order chi connectivity index (χ1) is 11.2. The Balaban J connectivity index is 0. The second-order valence-corrected chi connectivity index (χ2v) is 5.60. The maximum atomic E-state index is 13.1. The number of nitrogens with zero attached hydrogens (tertiary/aromatic N) is 1. The Kier molecular flexibility index (Phi) is 13.6. The molecular weight excluding hydrogens is 305 g/mol. The summed E-state index contributed by atoms with van der Waals surface area (Å²) in [4.78, 5) is 13.8. The van der Waals surface area contributed by atoms with Crippen molar-refractivity contribution in [2.75, 3.05) is 0 Å². The molecule has 0 heterocycles. The molecule has 0 aliphatic carbocycles. The number of aliphatic carboxylic acids is 1. The van der Waals surface area contributed by atoms with E-state index in [0.717, 1.165) is 17.7 Å². The van der Waals surface area contributed by atoms with Crippen molar-refractivity contribution < 1.29 is 14.3 Å². The molecule has 0 amide bonds. The average Bonchev–Trinajstić information content (AvgIpc) is 2.51. The SMILES string of the molecule is C=C(N=C(C)CC(C)C)c1ccc(F)c(C)c1.CC.CCC(=O)O. The van der Waals surface area contributed by atoms with Crippen molar-refractivity contribution in [1.82, 2.24) is 0 Å². The number of carbonyl (C=O) groups is 1. The highest BCUT2D eigenvalue weighted by molar-refractivity contribution is 5.87. The molecular formula is C20H32FNO2. The second kappa shape index (κ2) is 13.5. The molecule has 0 saturated heterocycles. The van der Waals surface area contributed by atoms with Crippen molar-refractivity contribution in [2.24, 2.45) is 10.9 Å². The van der Waals surface area contributed by atoms with Crippen LogP contribution in [0.3, 0.4) is 0 Å². The average molecular weight is 337 g/mol. The summed E-state index contributed by atoms with van der Waals surface area (Å²) < 4.78 is 13.1. The standard InChI is InChI=1S/C15H20FN.C3H6O2.C2H6/c1-10(2)8-12(4)17-13(5)14-6-7-15(16)11(3)9-14;1-2-3(4)5;1-2/h6-7,9-10H,5,8H2,1-4H3;2H2,1H3,(H,4,5);1-2H3. The lowest BCUT2D eigenvalue weighted by atomic mass is 10.1. The number of halogens is 1. The Morgan fingerprint density at radius 2 is 1.83 bits per heavy atom. The third-order valence-electron chi connectivity index (χ3n) is 2.82. The molecule has 3 nitrogen and oxygen atoms in total. The fraction of sp³-hybridized carbons (Fsp3) is 0.500. The lowest BCUT2D eigenvalue weighted by Crippen LogP contribution is -1.98. The third-order valence-corrected chi connectivity index (χ3v) is 2.82. The minimum Gasteiger partial charge on any atom is -0.481 e. The molecule has 0 aliphatic rings. The van der Waals surface area contributed by atoms with Crippen LogP contribution < -0.4 is 0 Å². The van der Waals surface area contributed by atoms with E-state index >= 15 is 0 Å². The van der Waals surface area contributed by atoms with Gasteiger partial charge in [0.25, 0.3) is 0 Å². The highest BCUT2D eigenvalue weighted by atomic mass is 19.1. The summed E-state index contributed by atoms with van der Waals surface area (Å²) in [6.07, 6.45) is 1.18. The zero-order valence-corrected chi connectivity index (χ0v) is 16.1. The summed E-state index contributed by atoms with van der Waals surface area (Å²) in [5.74, 6) is -0.351. The van der Waals surface area contributed by atoms with Crippen LogP contribution in [-0.4, -0.2) is 16.8 Å². The number of hydrogen-bond acceptors (Lipinski definition) is 2. The molecule has 1 rings (SSSR count). The highest BCUT2D eigenvalue weighted by Gasteiger charge is 2.03. The van der Waals surface area contributed by atoms with Gasteiger partial charge in [0, 0.05) is 12.1 Å². The molecule has 0 bridgehead atoms. The highest BCUT2D eigenvalue weighted by Crippen LogP contribution is 2.18. The summed E-state index contributed by atoms with van der Waals surface area (Å²) in [6.45, 7) is 17.6. The Hall–Kier alpha value is -1.97. The molecule has 0 spiro atoms. The summed E-state index contributed by atoms with van der Waals surface area (Å²) >= 11 is 0. The van der Waals surface area contributed by atoms with Gasteiger partial charge < -0.3 is 5.11 Å². The molecule has 0 radical (unpaired) electrons. The maximum Gasteiger partial charge on any atom is 0.303 e. The van der Waals surface area contributed by atoms with E-state index in [2.05, 4.69) is 25.4 Å². The van der Waals surface area contributed by atoms with Crippen LogP contribution in [0.4, 0.5) is 4.39 Å². The van der Waals surface area contributed by atoms with E-state index in [4.69, 9.17) is 5.11 Å². The predicted molar refractivity (Wildman–Crippen MR) is 102 cm³/mol. The molecule has 136 valence electrons. The van der Waals surface area contributed by atoms with Gasteiger partial charge in [-0.2, -0.15) is 0 Å². The second-order valence-electron chi connectivity index (χ2n) is 5.60. The van der Waals surface area contributed by atoms with Gasteiger partial charge in [0.15, 0.2) is 0 Å². The largest absolute Gasteiger partial charge is 0.481 e. The molecule has 0 aliphatic heterocycles. The molecule has 24 heavy (non-hydrogen) atoms. The minimum absolute atomic E-state index is 0.190. The smallest absolute Gasteiger partial charge is 0.303 e. The topological polar surface area (TPSA) is 49.7 Å². The number of aliphatic imine (C=N–C) groups is 1. The van der Waals surface area contributed by atoms with Crippen LogP contribution in [0.5, 0.6) is 0 Å². The maximum absolute atomic E-state index is 13.1. The van der Waals surface area contributed by atoms with Gasteiger partial charge in [-0.3, -0.25) is 9.79 Å². The molecule has 1 N–H and O–H groups in total. The molecule has 4 heteroatoms. The number of hydrogen-bond donors (Lipinski definition) is 1. The van der Waals surface area contributed by atoms with Gasteiger partial charge in [-0.15, -0.1) is 0 Å². The summed E-state index contributed by atoms with van der Waals surface area (Å²) in [6, 6.07) is 4.96. The van der Waals surface area contributed by atoms with Crippen LogP contribution in [-0.2, 0) is 4.79 Å². The van der Waals surface area contributed by atoms with Crippen LogP contribution in [0.1, 0.15) is 65.5 Å². The zero-order valence-electron chi connectivity index (χ0n) is 16.1. The first-order valence-corrected chi connectivity index (χ1v) is 8.38. The van der Waals surface area contributed by atoms with Crippen molar-refractivity contribution in [3.63, 3.8) is 0 Å². The monoisotopic (exact) mass is 337 g/mol. The van der Waals surface area contributed by atoms with Crippen molar-refractivity contribution >= 4 is 17.4 Å². The Morgan fingerprint density at radius 1 is 1.33 bits per heavy atom.